The average molecular weight is 230 g/mol. The third-order valence-corrected chi connectivity index (χ3v) is 3.04. The van der Waals surface area contributed by atoms with Gasteiger partial charge >= 0.3 is 0 Å². The summed E-state index contributed by atoms with van der Waals surface area (Å²) in [5.41, 5.74) is 2.64. The predicted octanol–water partition coefficient (Wildman–Crippen LogP) is 3.54. The molecule has 0 fully saturated rings. The van der Waals surface area contributed by atoms with E-state index in [-0.39, 0.29) is 0 Å². The lowest BCUT2D eigenvalue weighted by Crippen LogP contribution is -2.30. The summed E-state index contributed by atoms with van der Waals surface area (Å²) in [6.45, 7) is 9.99. The number of nitriles is 1. The van der Waals surface area contributed by atoms with Crippen molar-refractivity contribution in [1.82, 2.24) is 4.90 Å². The lowest BCUT2D eigenvalue weighted by Gasteiger charge is -2.23. The first kappa shape index (κ1) is 13.7. The molecular formula is C15H22N2. The van der Waals surface area contributed by atoms with E-state index in [1.165, 1.54) is 11.1 Å². The van der Waals surface area contributed by atoms with E-state index in [0.717, 1.165) is 6.54 Å². The standard InChI is InChI=1S/C15H22N2/c1-12(2)15-7-5-14(6-8-15)11-17(10-9-16)13(3)4/h5-8,12-13H,10-11H2,1-4H3. The van der Waals surface area contributed by atoms with Crippen LogP contribution in [0.25, 0.3) is 0 Å². The van der Waals surface area contributed by atoms with Crippen LogP contribution in [0.1, 0.15) is 44.7 Å². The zero-order valence-electron chi connectivity index (χ0n) is 11.3. The molecule has 0 saturated carbocycles. The van der Waals surface area contributed by atoms with E-state index in [2.05, 4.69) is 62.9 Å². The van der Waals surface area contributed by atoms with E-state index in [0.29, 0.717) is 18.5 Å². The Hall–Kier alpha value is -1.33. The van der Waals surface area contributed by atoms with Crippen molar-refractivity contribution >= 4 is 0 Å². The van der Waals surface area contributed by atoms with Gasteiger partial charge in [-0.3, -0.25) is 4.90 Å². The number of hydrogen-bond acceptors (Lipinski definition) is 2. The van der Waals surface area contributed by atoms with Crippen LogP contribution in [-0.2, 0) is 6.54 Å². The summed E-state index contributed by atoms with van der Waals surface area (Å²) in [5.74, 6) is 0.573. The summed E-state index contributed by atoms with van der Waals surface area (Å²) in [6, 6.07) is 11.3. The highest BCUT2D eigenvalue weighted by molar-refractivity contribution is 5.24. The van der Waals surface area contributed by atoms with Gasteiger partial charge in [0.05, 0.1) is 12.6 Å². The highest BCUT2D eigenvalue weighted by Gasteiger charge is 2.09. The quantitative estimate of drug-likeness (QED) is 0.723. The van der Waals surface area contributed by atoms with E-state index >= 15 is 0 Å². The molecule has 0 N–H and O–H groups in total. The molecule has 0 aliphatic heterocycles. The first-order valence-corrected chi connectivity index (χ1v) is 6.24. The van der Waals surface area contributed by atoms with Crippen LogP contribution in [0, 0.1) is 11.3 Å². The van der Waals surface area contributed by atoms with Gasteiger partial charge in [0.1, 0.15) is 0 Å². The molecule has 2 heteroatoms. The van der Waals surface area contributed by atoms with Gasteiger partial charge in [0.25, 0.3) is 0 Å². The minimum atomic E-state index is 0.402. The molecule has 0 heterocycles. The fraction of sp³-hybridized carbons (Fsp3) is 0.533. The first-order valence-electron chi connectivity index (χ1n) is 6.24. The zero-order chi connectivity index (χ0) is 12.8. The van der Waals surface area contributed by atoms with Gasteiger partial charge < -0.3 is 0 Å². The molecule has 0 radical (unpaired) electrons. The molecule has 0 aliphatic carbocycles. The Bertz CT molecular complexity index is 371. The predicted molar refractivity (Wildman–Crippen MR) is 71.7 cm³/mol. The molecule has 2 nitrogen and oxygen atoms in total. The molecule has 0 spiro atoms. The van der Waals surface area contributed by atoms with Gasteiger partial charge in [0.2, 0.25) is 0 Å². The highest BCUT2D eigenvalue weighted by atomic mass is 15.1. The van der Waals surface area contributed by atoms with E-state index in [1.807, 2.05) is 0 Å². The maximum Gasteiger partial charge on any atom is 0.0871 e. The topological polar surface area (TPSA) is 27.0 Å². The largest absolute Gasteiger partial charge is 0.284 e. The average Bonchev–Trinajstić information content (AvgIpc) is 2.29. The van der Waals surface area contributed by atoms with Crippen molar-refractivity contribution in [1.29, 1.82) is 5.26 Å². The summed E-state index contributed by atoms with van der Waals surface area (Å²) >= 11 is 0. The molecule has 0 saturated heterocycles. The molecule has 0 atom stereocenters. The molecule has 0 aromatic heterocycles. The molecule has 0 bridgehead atoms. The van der Waals surface area contributed by atoms with Gasteiger partial charge in [-0.25, -0.2) is 0 Å². The molecule has 1 aromatic carbocycles. The smallest absolute Gasteiger partial charge is 0.0871 e. The van der Waals surface area contributed by atoms with Crippen LogP contribution < -0.4 is 0 Å². The van der Waals surface area contributed by atoms with Crippen molar-refractivity contribution in [3.63, 3.8) is 0 Å². The van der Waals surface area contributed by atoms with Crippen molar-refractivity contribution in [2.24, 2.45) is 0 Å². The van der Waals surface area contributed by atoms with Crippen LogP contribution in [0.5, 0.6) is 0 Å². The van der Waals surface area contributed by atoms with Crippen molar-refractivity contribution in [3.05, 3.63) is 35.4 Å². The van der Waals surface area contributed by atoms with Crippen LogP contribution >= 0.6 is 0 Å². The minimum Gasteiger partial charge on any atom is -0.284 e. The Labute approximate surface area is 105 Å². The molecule has 0 unspecified atom stereocenters. The van der Waals surface area contributed by atoms with Gasteiger partial charge in [-0.1, -0.05) is 38.1 Å². The van der Waals surface area contributed by atoms with Gasteiger partial charge in [0, 0.05) is 12.6 Å². The second kappa shape index (κ2) is 6.42. The maximum absolute atomic E-state index is 8.79. The Morgan fingerprint density at radius 3 is 2.12 bits per heavy atom. The lowest BCUT2D eigenvalue weighted by molar-refractivity contribution is 0.240. The van der Waals surface area contributed by atoms with Crippen LogP contribution in [0.3, 0.4) is 0 Å². The Morgan fingerprint density at radius 1 is 1.12 bits per heavy atom. The van der Waals surface area contributed by atoms with Gasteiger partial charge in [-0.2, -0.15) is 5.26 Å². The fourth-order valence-electron chi connectivity index (χ4n) is 1.75. The normalized spacial score (nSPS) is 11.2. The van der Waals surface area contributed by atoms with E-state index in [4.69, 9.17) is 5.26 Å². The molecule has 0 aliphatic rings. The van der Waals surface area contributed by atoms with Crippen molar-refractivity contribution < 1.29 is 0 Å². The third kappa shape index (κ3) is 4.20. The Morgan fingerprint density at radius 2 is 1.71 bits per heavy atom. The summed E-state index contributed by atoms with van der Waals surface area (Å²) < 4.78 is 0. The van der Waals surface area contributed by atoms with E-state index < -0.39 is 0 Å². The SMILES string of the molecule is CC(C)c1ccc(CN(CC#N)C(C)C)cc1. The molecule has 17 heavy (non-hydrogen) atoms. The number of hydrogen-bond donors (Lipinski definition) is 0. The van der Waals surface area contributed by atoms with E-state index in [1.54, 1.807) is 0 Å². The van der Waals surface area contributed by atoms with Gasteiger partial charge in [-0.05, 0) is 30.9 Å². The third-order valence-electron chi connectivity index (χ3n) is 3.04. The monoisotopic (exact) mass is 230 g/mol. The summed E-state index contributed by atoms with van der Waals surface area (Å²) in [5, 5.41) is 8.79. The second-order valence-corrected chi connectivity index (χ2v) is 5.05. The number of benzene rings is 1. The van der Waals surface area contributed by atoms with Gasteiger partial charge in [0.15, 0.2) is 0 Å². The van der Waals surface area contributed by atoms with Crippen LogP contribution in [0.15, 0.2) is 24.3 Å². The molecular weight excluding hydrogens is 208 g/mol. The van der Waals surface area contributed by atoms with Crippen LogP contribution in [0.2, 0.25) is 0 Å². The fourth-order valence-corrected chi connectivity index (χ4v) is 1.75. The van der Waals surface area contributed by atoms with Crippen LogP contribution in [0.4, 0.5) is 0 Å². The molecule has 0 amide bonds. The first-order chi connectivity index (χ1) is 8.04. The van der Waals surface area contributed by atoms with Crippen molar-refractivity contribution in [2.45, 2.75) is 46.2 Å². The summed E-state index contributed by atoms with van der Waals surface area (Å²) in [4.78, 5) is 2.17. The second-order valence-electron chi connectivity index (χ2n) is 5.05. The number of nitrogens with zero attached hydrogens (tertiary/aromatic N) is 2. The Kier molecular flexibility index (Phi) is 5.18. The Balaban J connectivity index is 2.70. The van der Waals surface area contributed by atoms with Crippen LogP contribution in [-0.4, -0.2) is 17.5 Å². The minimum absolute atomic E-state index is 0.402. The number of rotatable bonds is 5. The highest BCUT2D eigenvalue weighted by Crippen LogP contribution is 2.16. The van der Waals surface area contributed by atoms with Crippen molar-refractivity contribution in [3.8, 4) is 6.07 Å². The summed E-state index contributed by atoms with van der Waals surface area (Å²) in [6.07, 6.45) is 0. The maximum atomic E-state index is 8.79. The van der Waals surface area contributed by atoms with Gasteiger partial charge in [-0.15, -0.1) is 0 Å². The zero-order valence-corrected chi connectivity index (χ0v) is 11.3. The summed E-state index contributed by atoms with van der Waals surface area (Å²) in [7, 11) is 0. The lowest BCUT2D eigenvalue weighted by atomic mass is 10.0. The molecule has 1 aromatic rings. The molecule has 1 rings (SSSR count). The molecule has 92 valence electrons. The van der Waals surface area contributed by atoms with E-state index in [9.17, 15) is 0 Å². The van der Waals surface area contributed by atoms with Crippen molar-refractivity contribution in [2.75, 3.05) is 6.54 Å².